The molecule has 2 atom stereocenters. The van der Waals surface area contributed by atoms with Gasteiger partial charge < -0.3 is 15.0 Å². The molecule has 1 N–H and O–H groups in total. The highest BCUT2D eigenvalue weighted by atomic mass is 19.1. The van der Waals surface area contributed by atoms with E-state index in [9.17, 15) is 13.6 Å². The van der Waals surface area contributed by atoms with E-state index in [-0.39, 0.29) is 23.8 Å². The van der Waals surface area contributed by atoms with Crippen LogP contribution in [0.15, 0.2) is 30.5 Å². The second-order valence-electron chi connectivity index (χ2n) is 9.82. The summed E-state index contributed by atoms with van der Waals surface area (Å²) in [5, 5.41) is 3.45. The van der Waals surface area contributed by atoms with Gasteiger partial charge in [0.05, 0.1) is 18.8 Å². The van der Waals surface area contributed by atoms with Crippen LogP contribution in [0.25, 0.3) is 0 Å². The molecule has 1 fully saturated rings. The number of anilines is 1. The molecule has 0 saturated carbocycles. The number of halogens is 2. The zero-order valence-electron chi connectivity index (χ0n) is 19.7. The van der Waals surface area contributed by atoms with Gasteiger partial charge in [-0.3, -0.25) is 14.7 Å². The summed E-state index contributed by atoms with van der Waals surface area (Å²) in [5.41, 5.74) is 2.60. The summed E-state index contributed by atoms with van der Waals surface area (Å²) in [5.74, 6) is -1.17. The molecule has 2 aliphatic heterocycles. The van der Waals surface area contributed by atoms with Crippen molar-refractivity contribution in [2.45, 2.75) is 44.7 Å². The summed E-state index contributed by atoms with van der Waals surface area (Å²) in [6, 6.07) is 5.88. The third kappa shape index (κ3) is 5.08. The lowest BCUT2D eigenvalue weighted by Crippen LogP contribution is -2.59. The number of hydrogen-bond acceptors (Lipinski definition) is 5. The average Bonchev–Trinajstić information content (AvgIpc) is 3.03. The van der Waals surface area contributed by atoms with Gasteiger partial charge in [0.15, 0.2) is 0 Å². The fourth-order valence-electron chi connectivity index (χ4n) is 4.82. The van der Waals surface area contributed by atoms with E-state index in [1.165, 1.54) is 12.1 Å². The highest BCUT2D eigenvalue weighted by molar-refractivity contribution is 5.97. The van der Waals surface area contributed by atoms with Gasteiger partial charge >= 0.3 is 0 Å². The number of nitrogens with zero attached hydrogens (tertiary/aromatic N) is 3. The van der Waals surface area contributed by atoms with Crippen LogP contribution in [0.5, 0.6) is 0 Å². The van der Waals surface area contributed by atoms with E-state index in [1.54, 1.807) is 13.3 Å². The molecule has 178 valence electrons. The lowest BCUT2D eigenvalue weighted by atomic mass is 9.88. The van der Waals surface area contributed by atoms with Crippen LogP contribution in [0, 0.1) is 11.6 Å². The molecule has 0 bridgehead atoms. The Morgan fingerprint density at radius 1 is 1.30 bits per heavy atom. The Kier molecular flexibility index (Phi) is 6.79. The maximum absolute atomic E-state index is 14.2. The zero-order chi connectivity index (χ0) is 23.8. The second kappa shape index (κ2) is 9.44. The number of benzene rings is 1. The molecule has 0 aliphatic carbocycles. The molecular formula is C25H32F2N4O2. The molecule has 1 amide bonds. The van der Waals surface area contributed by atoms with Crippen LogP contribution in [0.3, 0.4) is 0 Å². The fraction of sp³-hybridized carbons (Fsp3) is 0.520. The third-order valence-corrected chi connectivity index (χ3v) is 6.62. The molecule has 3 heterocycles. The number of piperazine rings is 1. The summed E-state index contributed by atoms with van der Waals surface area (Å²) in [6.07, 6.45) is 2.02. The summed E-state index contributed by atoms with van der Waals surface area (Å²) in [6.45, 7) is 9.29. The molecule has 1 saturated heterocycles. The lowest BCUT2D eigenvalue weighted by molar-refractivity contribution is -0.121. The SMILES string of the molecule is COC[C@H]1CN[C@H](C)CN1CC(=O)N1CC(C)(C)c2cnc(Cc3ccc(F)cc3F)cc21. The van der Waals surface area contributed by atoms with Crippen molar-refractivity contribution in [3.8, 4) is 0 Å². The van der Waals surface area contributed by atoms with E-state index < -0.39 is 11.6 Å². The van der Waals surface area contributed by atoms with Gasteiger partial charge in [0.2, 0.25) is 5.91 Å². The van der Waals surface area contributed by atoms with Gasteiger partial charge in [-0.1, -0.05) is 19.9 Å². The standard InChI is InChI=1S/C25H32F2N4O2/c1-16-12-30(20(10-28-16)14-33-4)13-24(32)31-15-25(2,3)21-11-29-19(9-23(21)31)7-17-5-6-18(26)8-22(17)27/h5-6,8-9,11,16,20,28H,7,10,12-15H2,1-4H3/t16-,20-/m1/s1. The van der Waals surface area contributed by atoms with Gasteiger partial charge in [-0.25, -0.2) is 8.78 Å². The van der Waals surface area contributed by atoms with Crippen molar-refractivity contribution in [1.29, 1.82) is 0 Å². The Bertz CT molecular complexity index is 1030. The van der Waals surface area contributed by atoms with Crippen molar-refractivity contribution in [2.24, 2.45) is 0 Å². The minimum Gasteiger partial charge on any atom is -0.383 e. The largest absolute Gasteiger partial charge is 0.383 e. The highest BCUT2D eigenvalue weighted by Gasteiger charge is 2.39. The zero-order valence-corrected chi connectivity index (χ0v) is 19.7. The number of pyridine rings is 1. The summed E-state index contributed by atoms with van der Waals surface area (Å²) in [7, 11) is 1.68. The van der Waals surface area contributed by atoms with Crippen molar-refractivity contribution in [2.75, 3.05) is 44.8 Å². The van der Waals surface area contributed by atoms with Gasteiger partial charge in [-0.05, 0) is 24.6 Å². The highest BCUT2D eigenvalue weighted by Crippen LogP contribution is 2.40. The van der Waals surface area contributed by atoms with Crippen LogP contribution in [0.4, 0.5) is 14.5 Å². The van der Waals surface area contributed by atoms with Crippen molar-refractivity contribution in [3.05, 3.63) is 58.9 Å². The van der Waals surface area contributed by atoms with Crippen LogP contribution >= 0.6 is 0 Å². The van der Waals surface area contributed by atoms with Crippen molar-refractivity contribution < 1.29 is 18.3 Å². The predicted molar refractivity (Wildman–Crippen MR) is 123 cm³/mol. The Balaban J connectivity index is 1.57. The van der Waals surface area contributed by atoms with Crippen molar-refractivity contribution >= 4 is 11.6 Å². The first-order valence-electron chi connectivity index (χ1n) is 11.4. The van der Waals surface area contributed by atoms with Gasteiger partial charge in [0.1, 0.15) is 11.6 Å². The van der Waals surface area contributed by atoms with Crippen LogP contribution in [-0.4, -0.2) is 67.8 Å². The third-order valence-electron chi connectivity index (χ3n) is 6.62. The predicted octanol–water partition coefficient (Wildman–Crippen LogP) is 2.88. The number of nitrogens with one attached hydrogen (secondary N) is 1. The van der Waals surface area contributed by atoms with E-state index in [0.717, 1.165) is 30.4 Å². The van der Waals surface area contributed by atoms with Crippen LogP contribution in [0.2, 0.25) is 0 Å². The molecule has 1 aromatic heterocycles. The molecule has 33 heavy (non-hydrogen) atoms. The maximum Gasteiger partial charge on any atom is 0.241 e. The van der Waals surface area contributed by atoms with E-state index in [2.05, 4.69) is 36.0 Å². The summed E-state index contributed by atoms with van der Waals surface area (Å²) >= 11 is 0. The number of carbonyl (C=O) groups excluding carboxylic acids is 1. The molecule has 2 aromatic rings. The Hall–Kier alpha value is -2.42. The number of aromatic nitrogens is 1. The minimum atomic E-state index is -0.606. The lowest BCUT2D eigenvalue weighted by Gasteiger charge is -2.39. The summed E-state index contributed by atoms with van der Waals surface area (Å²) in [4.78, 5) is 22.0. The molecule has 6 nitrogen and oxygen atoms in total. The van der Waals surface area contributed by atoms with Gasteiger partial charge in [-0.15, -0.1) is 0 Å². The molecule has 0 unspecified atom stereocenters. The quantitative estimate of drug-likeness (QED) is 0.722. The minimum absolute atomic E-state index is 0.0298. The second-order valence-corrected chi connectivity index (χ2v) is 9.82. The average molecular weight is 459 g/mol. The Morgan fingerprint density at radius 2 is 2.09 bits per heavy atom. The van der Waals surface area contributed by atoms with Crippen LogP contribution < -0.4 is 10.2 Å². The molecule has 2 aliphatic rings. The molecule has 0 spiro atoms. The molecule has 4 rings (SSSR count). The number of hydrogen-bond donors (Lipinski definition) is 1. The first-order valence-corrected chi connectivity index (χ1v) is 11.4. The number of carbonyl (C=O) groups is 1. The van der Waals surface area contributed by atoms with Gasteiger partial charge in [0, 0.05) is 74.2 Å². The monoisotopic (exact) mass is 458 g/mol. The normalized spacial score (nSPS) is 22.4. The first kappa shape index (κ1) is 23.7. The van der Waals surface area contributed by atoms with E-state index in [0.29, 0.717) is 37.0 Å². The van der Waals surface area contributed by atoms with E-state index in [4.69, 9.17) is 4.74 Å². The smallest absolute Gasteiger partial charge is 0.241 e. The topological polar surface area (TPSA) is 57.7 Å². The van der Waals surface area contributed by atoms with Crippen LogP contribution in [0.1, 0.15) is 37.6 Å². The Morgan fingerprint density at radius 3 is 2.82 bits per heavy atom. The maximum atomic E-state index is 14.2. The Labute approximate surface area is 193 Å². The van der Waals surface area contributed by atoms with Gasteiger partial charge in [-0.2, -0.15) is 0 Å². The van der Waals surface area contributed by atoms with Gasteiger partial charge in [0.25, 0.3) is 0 Å². The van der Waals surface area contributed by atoms with Crippen molar-refractivity contribution in [3.63, 3.8) is 0 Å². The van der Waals surface area contributed by atoms with E-state index >= 15 is 0 Å². The number of amides is 1. The van der Waals surface area contributed by atoms with Crippen LogP contribution in [-0.2, 0) is 21.4 Å². The first-order chi connectivity index (χ1) is 15.7. The number of fused-ring (bicyclic) bond motifs is 1. The number of rotatable bonds is 6. The van der Waals surface area contributed by atoms with E-state index in [1.807, 2.05) is 11.0 Å². The molecule has 8 heteroatoms. The summed E-state index contributed by atoms with van der Waals surface area (Å²) < 4.78 is 32.8. The fourth-order valence-corrected chi connectivity index (χ4v) is 4.82. The number of methoxy groups -OCH3 is 1. The molecular weight excluding hydrogens is 426 g/mol. The molecule has 0 radical (unpaired) electrons. The number of ether oxygens (including phenoxy) is 1. The molecule has 1 aromatic carbocycles. The van der Waals surface area contributed by atoms with Crippen molar-refractivity contribution in [1.82, 2.24) is 15.2 Å².